The summed E-state index contributed by atoms with van der Waals surface area (Å²) in [4.78, 5) is 12.7. The van der Waals surface area contributed by atoms with Crippen LogP contribution in [0.1, 0.15) is 34.2 Å². The Bertz CT molecular complexity index is 1170. The van der Waals surface area contributed by atoms with Crippen LogP contribution < -0.4 is 5.32 Å². The molecule has 2 heterocycles. The predicted octanol–water partition coefficient (Wildman–Crippen LogP) is 5.84. The molecule has 1 N–H and O–H groups in total. The normalized spacial score (nSPS) is 11.1. The molecule has 1 amide bonds. The number of nitrogens with zero attached hydrogens (tertiary/aromatic N) is 2. The minimum absolute atomic E-state index is 0.258. The number of thioether (sulfide) groups is 1. The number of aryl methyl sites for hydroxylation is 2. The summed E-state index contributed by atoms with van der Waals surface area (Å²) in [6, 6.07) is 12.3. The Hall–Kier alpha value is -2.71. The second-order valence-corrected chi connectivity index (χ2v) is 8.68. The zero-order chi connectivity index (χ0) is 20.4. The Labute approximate surface area is 175 Å². The molecular weight excluding hydrogens is 409 g/mol. The summed E-state index contributed by atoms with van der Waals surface area (Å²) in [5.41, 5.74) is 3.68. The van der Waals surface area contributed by atoms with Crippen molar-refractivity contribution in [2.45, 2.75) is 30.4 Å². The van der Waals surface area contributed by atoms with Crippen molar-refractivity contribution in [3.63, 3.8) is 0 Å². The fraction of sp³-hybridized carbons (Fsp3) is 0.190. The molecule has 148 valence electrons. The van der Waals surface area contributed by atoms with E-state index in [1.807, 2.05) is 19.1 Å². The van der Waals surface area contributed by atoms with Crippen LogP contribution >= 0.6 is 23.1 Å². The van der Waals surface area contributed by atoms with Gasteiger partial charge in [-0.25, -0.2) is 4.39 Å². The molecule has 0 saturated carbocycles. The second-order valence-electron chi connectivity index (χ2n) is 6.48. The second kappa shape index (κ2) is 8.34. The molecule has 0 radical (unpaired) electrons. The van der Waals surface area contributed by atoms with Gasteiger partial charge < -0.3 is 4.42 Å². The third kappa shape index (κ3) is 4.33. The quantitative estimate of drug-likeness (QED) is 0.309. The van der Waals surface area contributed by atoms with E-state index in [0.29, 0.717) is 16.5 Å². The molecular formula is C21H18FN3O2S2. The van der Waals surface area contributed by atoms with Crippen molar-refractivity contribution >= 4 is 45.1 Å². The van der Waals surface area contributed by atoms with Crippen molar-refractivity contribution in [1.29, 1.82) is 0 Å². The number of carbonyl (C=O) groups excluding carboxylic acids is 1. The molecule has 4 rings (SSSR count). The van der Waals surface area contributed by atoms with Crippen molar-refractivity contribution in [1.82, 2.24) is 10.2 Å². The lowest BCUT2D eigenvalue weighted by atomic mass is 10.1. The molecule has 0 unspecified atom stereocenters. The smallest absolute Gasteiger partial charge is 0.293 e. The first-order chi connectivity index (χ1) is 14.0. The highest BCUT2D eigenvalue weighted by Gasteiger charge is 2.19. The van der Waals surface area contributed by atoms with E-state index in [9.17, 15) is 9.18 Å². The Balaban J connectivity index is 1.44. The number of carbonyl (C=O) groups is 1. The Kier molecular flexibility index (Phi) is 5.64. The summed E-state index contributed by atoms with van der Waals surface area (Å²) in [6.45, 7) is 3.97. The highest BCUT2D eigenvalue weighted by molar-refractivity contribution is 8.00. The third-order valence-electron chi connectivity index (χ3n) is 4.52. The van der Waals surface area contributed by atoms with Crippen LogP contribution in [0.3, 0.4) is 0 Å². The molecule has 0 saturated heterocycles. The lowest BCUT2D eigenvalue weighted by molar-refractivity contribution is 0.0998. The summed E-state index contributed by atoms with van der Waals surface area (Å²) in [5, 5.41) is 12.2. The van der Waals surface area contributed by atoms with Crippen molar-refractivity contribution in [2.24, 2.45) is 0 Å². The number of halogens is 1. The number of nitrogens with one attached hydrogen (secondary N) is 1. The van der Waals surface area contributed by atoms with Crippen LogP contribution in [0.15, 0.2) is 51.2 Å². The average molecular weight is 428 g/mol. The first-order valence-corrected chi connectivity index (χ1v) is 10.9. The molecule has 0 aliphatic rings. The summed E-state index contributed by atoms with van der Waals surface area (Å²) in [7, 11) is 0. The van der Waals surface area contributed by atoms with E-state index < -0.39 is 0 Å². The average Bonchev–Trinajstić information content (AvgIpc) is 3.31. The molecule has 5 nitrogen and oxygen atoms in total. The number of hydrogen-bond acceptors (Lipinski definition) is 6. The van der Waals surface area contributed by atoms with Gasteiger partial charge in [-0.1, -0.05) is 48.2 Å². The summed E-state index contributed by atoms with van der Waals surface area (Å²) in [5.74, 6) is 0.323. The van der Waals surface area contributed by atoms with E-state index in [0.717, 1.165) is 27.3 Å². The zero-order valence-corrected chi connectivity index (χ0v) is 17.5. The SMILES string of the molecule is CCc1ccc2oc(C(=O)Nc3nnc(SCc4ccc(F)cc4)s3)c(C)c2c1. The Morgan fingerprint density at radius 2 is 1.93 bits per heavy atom. The maximum Gasteiger partial charge on any atom is 0.293 e. The molecule has 8 heteroatoms. The zero-order valence-electron chi connectivity index (χ0n) is 15.9. The minimum Gasteiger partial charge on any atom is -0.451 e. The summed E-state index contributed by atoms with van der Waals surface area (Å²) < 4.78 is 19.5. The van der Waals surface area contributed by atoms with Gasteiger partial charge >= 0.3 is 0 Å². The van der Waals surface area contributed by atoms with Crippen molar-refractivity contribution < 1.29 is 13.6 Å². The highest BCUT2D eigenvalue weighted by Crippen LogP contribution is 2.30. The topological polar surface area (TPSA) is 68.0 Å². The van der Waals surface area contributed by atoms with Crippen molar-refractivity contribution in [2.75, 3.05) is 5.32 Å². The van der Waals surface area contributed by atoms with Crippen LogP contribution in [-0.4, -0.2) is 16.1 Å². The van der Waals surface area contributed by atoms with Gasteiger partial charge in [0.25, 0.3) is 5.91 Å². The van der Waals surface area contributed by atoms with E-state index in [-0.39, 0.29) is 17.5 Å². The summed E-state index contributed by atoms with van der Waals surface area (Å²) in [6.07, 6.45) is 0.922. The third-order valence-corrected chi connectivity index (χ3v) is 6.56. The van der Waals surface area contributed by atoms with Gasteiger partial charge in [0.05, 0.1) is 0 Å². The van der Waals surface area contributed by atoms with Crippen molar-refractivity contribution in [3.8, 4) is 0 Å². The highest BCUT2D eigenvalue weighted by atomic mass is 32.2. The molecule has 2 aromatic carbocycles. The van der Waals surface area contributed by atoms with Gasteiger partial charge in [-0.05, 0) is 48.7 Å². The Morgan fingerprint density at radius 3 is 2.69 bits per heavy atom. The molecule has 4 aromatic rings. The van der Waals surface area contributed by atoms with Crippen LogP contribution in [0.25, 0.3) is 11.0 Å². The lowest BCUT2D eigenvalue weighted by Gasteiger charge is -1.99. The fourth-order valence-corrected chi connectivity index (χ4v) is 4.61. The number of hydrogen-bond donors (Lipinski definition) is 1. The predicted molar refractivity (Wildman–Crippen MR) is 114 cm³/mol. The van der Waals surface area contributed by atoms with Gasteiger partial charge in [-0.2, -0.15) is 0 Å². The van der Waals surface area contributed by atoms with Crippen LogP contribution in [0.5, 0.6) is 0 Å². The van der Waals surface area contributed by atoms with Crippen LogP contribution in [0.2, 0.25) is 0 Å². The Morgan fingerprint density at radius 1 is 1.17 bits per heavy atom. The van der Waals surface area contributed by atoms with Gasteiger partial charge in [0, 0.05) is 16.7 Å². The standard InChI is InChI=1S/C21H18FN3O2S2/c1-3-13-6-9-17-16(10-13)12(2)18(27-17)19(26)23-20-24-25-21(29-20)28-11-14-4-7-15(22)8-5-14/h4-10H,3,11H2,1-2H3,(H,23,24,26). The fourth-order valence-electron chi connectivity index (χ4n) is 2.90. The largest absolute Gasteiger partial charge is 0.451 e. The molecule has 0 bridgehead atoms. The molecule has 0 fully saturated rings. The van der Waals surface area contributed by atoms with Crippen LogP contribution in [0.4, 0.5) is 9.52 Å². The molecule has 2 aromatic heterocycles. The van der Waals surface area contributed by atoms with Gasteiger partial charge in [0.1, 0.15) is 11.4 Å². The lowest BCUT2D eigenvalue weighted by Crippen LogP contribution is -2.11. The van der Waals surface area contributed by atoms with Gasteiger partial charge in [0.2, 0.25) is 5.13 Å². The molecule has 0 atom stereocenters. The summed E-state index contributed by atoms with van der Waals surface area (Å²) >= 11 is 2.77. The number of anilines is 1. The van der Waals surface area contributed by atoms with Crippen LogP contribution in [0, 0.1) is 12.7 Å². The maximum absolute atomic E-state index is 13.0. The van der Waals surface area contributed by atoms with E-state index in [1.165, 1.54) is 40.8 Å². The number of amides is 1. The molecule has 0 aliphatic heterocycles. The number of rotatable bonds is 6. The van der Waals surface area contributed by atoms with Gasteiger partial charge in [-0.15, -0.1) is 10.2 Å². The number of fused-ring (bicyclic) bond motifs is 1. The molecule has 0 aliphatic carbocycles. The van der Waals surface area contributed by atoms with E-state index in [1.54, 1.807) is 12.1 Å². The number of furan rings is 1. The van der Waals surface area contributed by atoms with Crippen LogP contribution in [-0.2, 0) is 12.2 Å². The van der Waals surface area contributed by atoms with E-state index in [2.05, 4.69) is 28.5 Å². The first kappa shape index (κ1) is 19.6. The maximum atomic E-state index is 13.0. The van der Waals surface area contributed by atoms with Gasteiger partial charge in [-0.3, -0.25) is 10.1 Å². The van der Waals surface area contributed by atoms with E-state index in [4.69, 9.17) is 4.42 Å². The first-order valence-electron chi connectivity index (χ1n) is 9.07. The monoisotopic (exact) mass is 427 g/mol. The number of aromatic nitrogens is 2. The molecule has 29 heavy (non-hydrogen) atoms. The number of benzene rings is 2. The van der Waals surface area contributed by atoms with Gasteiger partial charge in [0.15, 0.2) is 10.1 Å². The van der Waals surface area contributed by atoms with Crippen molar-refractivity contribution in [3.05, 3.63) is 70.7 Å². The van der Waals surface area contributed by atoms with E-state index >= 15 is 0 Å². The molecule has 0 spiro atoms. The minimum atomic E-state index is -0.344.